The predicted octanol–water partition coefficient (Wildman–Crippen LogP) is -0.811. The number of pyridine rings is 4. The van der Waals surface area contributed by atoms with Crippen LogP contribution >= 0.6 is 0 Å². The smallest absolute Gasteiger partial charge is 0.759 e. The van der Waals surface area contributed by atoms with Crippen LogP contribution in [0.3, 0.4) is 0 Å². The Bertz CT molecular complexity index is 1890. The van der Waals surface area contributed by atoms with Gasteiger partial charge in [-0.1, -0.05) is 72.8 Å². The summed E-state index contributed by atoms with van der Waals surface area (Å²) in [6.45, 7) is 3.03. The summed E-state index contributed by atoms with van der Waals surface area (Å²) in [4.78, 5) is 17.0. The fraction of sp³-hybridized carbons (Fsp3) is 0.111. The molecule has 4 aromatic heterocycles. The first-order valence-corrected chi connectivity index (χ1v) is 18.6. The Balaban J connectivity index is -0.000000188. The van der Waals surface area contributed by atoms with Gasteiger partial charge in [-0.25, -0.2) is 19.9 Å². The van der Waals surface area contributed by atoms with Crippen LogP contribution in [0.15, 0.2) is 146 Å². The van der Waals surface area contributed by atoms with Crippen molar-refractivity contribution < 1.29 is 123 Å². The molecule has 0 saturated heterocycles. The van der Waals surface area contributed by atoms with E-state index >= 15 is 0 Å². The van der Waals surface area contributed by atoms with E-state index in [4.69, 9.17) is 35.0 Å². The van der Waals surface area contributed by atoms with Gasteiger partial charge in [-0.15, -0.1) is 0 Å². The van der Waals surface area contributed by atoms with Gasteiger partial charge in [-0.3, -0.25) is 16.8 Å². The summed E-state index contributed by atoms with van der Waals surface area (Å²) in [5.74, 6) is 3.55. The van der Waals surface area contributed by atoms with Gasteiger partial charge in [0.1, 0.15) is 23.3 Å². The molecular weight excluding hydrogens is 1060 g/mol. The molecule has 0 fully saturated rings. The van der Waals surface area contributed by atoms with Crippen molar-refractivity contribution in [2.45, 2.75) is 26.2 Å². The van der Waals surface area contributed by atoms with Crippen LogP contribution in [0.5, 0.6) is 0 Å². The van der Waals surface area contributed by atoms with E-state index in [0.29, 0.717) is 0 Å². The molecule has 0 aliphatic carbocycles. The molecule has 0 unspecified atom stereocenters. The molecule has 4 heterocycles. The third kappa shape index (κ3) is 36.3. The van der Waals surface area contributed by atoms with Crippen LogP contribution in [0.4, 0.5) is 23.3 Å². The maximum absolute atomic E-state index is 8.52. The number of aromatic nitrogens is 4. The number of hydrogen-bond acceptors (Lipinski definition) is 16. The summed E-state index contributed by atoms with van der Waals surface area (Å²) >= 11 is 0. The SMILES string of the molecule is O=S(=O)([O-])[O-].O=S(=O)([O-])[O-].[Cd+2].[Cd+2].[OH3+].[OH3+].[OH3+].[OH3+].[OH3+].[OH3+].c1ccc(NCc2cccc(CNc3ccccn3)c2)nc1.c1ccc(NCc2cccc(CNc3ccccn3)c2)nc1. The summed E-state index contributed by atoms with van der Waals surface area (Å²) in [6, 6.07) is 40.4. The topological polar surface area (TPSA) is 458 Å². The quantitative estimate of drug-likeness (QED) is 0.0504. The molecule has 332 valence electrons. The molecule has 0 saturated carbocycles. The van der Waals surface area contributed by atoms with Gasteiger partial charge in [0.25, 0.3) is 0 Å². The van der Waals surface area contributed by atoms with Gasteiger partial charge in [0.2, 0.25) is 0 Å². The van der Waals surface area contributed by atoms with Gasteiger partial charge >= 0.3 is 54.6 Å². The zero-order chi connectivity index (χ0) is 39.1. The molecule has 0 bridgehead atoms. The van der Waals surface area contributed by atoms with Crippen molar-refractivity contribution in [1.29, 1.82) is 0 Å². The van der Waals surface area contributed by atoms with E-state index < -0.39 is 20.8 Å². The zero-order valence-electron chi connectivity index (χ0n) is 33.4. The molecule has 0 amide bonds. The zero-order valence-corrected chi connectivity index (χ0v) is 43.1. The van der Waals surface area contributed by atoms with Crippen molar-refractivity contribution in [2.24, 2.45) is 0 Å². The van der Waals surface area contributed by atoms with E-state index in [-0.39, 0.29) is 87.5 Å². The largest absolute Gasteiger partial charge is 2.00 e. The van der Waals surface area contributed by atoms with Gasteiger partial charge in [0.15, 0.2) is 0 Å². The minimum atomic E-state index is -5.17. The molecule has 22 nitrogen and oxygen atoms in total. The van der Waals surface area contributed by atoms with Crippen LogP contribution < -0.4 is 21.3 Å². The van der Waals surface area contributed by atoms with Crippen molar-refractivity contribution in [1.82, 2.24) is 19.9 Å². The van der Waals surface area contributed by atoms with Crippen molar-refractivity contribution >= 4 is 44.1 Å². The Hall–Kier alpha value is -4.42. The molecule has 22 N–H and O–H groups in total. The third-order valence-corrected chi connectivity index (χ3v) is 6.54. The second kappa shape index (κ2) is 38.3. The average Bonchev–Trinajstić information content (AvgIpc) is 3.16. The van der Waals surface area contributed by atoms with Crippen molar-refractivity contribution in [3.8, 4) is 0 Å². The van der Waals surface area contributed by atoms with Crippen LogP contribution in [-0.4, -0.2) is 55.0 Å². The normalized spacial score (nSPS) is 9.10. The Labute approximate surface area is 399 Å². The predicted molar refractivity (Wildman–Crippen MR) is 229 cm³/mol. The number of nitrogens with one attached hydrogen (secondary N) is 4. The molecule has 6 aromatic rings. The Morgan fingerprint density at radius 1 is 0.355 bits per heavy atom. The molecule has 62 heavy (non-hydrogen) atoms. The summed E-state index contributed by atoms with van der Waals surface area (Å²) < 4.78 is 68.2. The van der Waals surface area contributed by atoms with E-state index in [1.54, 1.807) is 24.8 Å². The Morgan fingerprint density at radius 3 is 0.710 bits per heavy atom. The van der Waals surface area contributed by atoms with Gasteiger partial charge in [0, 0.05) is 71.8 Å². The van der Waals surface area contributed by atoms with Crippen LogP contribution in [-0.2, 0) is 134 Å². The Kier molecular flexibility index (Phi) is 42.8. The van der Waals surface area contributed by atoms with Gasteiger partial charge in [-0.05, 0) is 70.8 Å². The van der Waals surface area contributed by atoms with Crippen molar-refractivity contribution in [3.05, 3.63) is 168 Å². The fourth-order valence-corrected chi connectivity index (χ4v) is 4.34. The van der Waals surface area contributed by atoms with Crippen molar-refractivity contribution in [3.63, 3.8) is 0 Å². The maximum Gasteiger partial charge on any atom is 2.00 e. The van der Waals surface area contributed by atoms with Crippen LogP contribution in [0.2, 0.25) is 0 Å². The minimum Gasteiger partial charge on any atom is -0.759 e. The molecular formula is C36H54Cd2N8O14S2+6. The van der Waals surface area contributed by atoms with Crippen LogP contribution in [0.1, 0.15) is 22.3 Å². The molecule has 6 rings (SSSR count). The third-order valence-electron chi connectivity index (χ3n) is 6.54. The van der Waals surface area contributed by atoms with Gasteiger partial charge < -0.3 is 72.3 Å². The number of hydrogen-bond donors (Lipinski definition) is 4. The minimum absolute atomic E-state index is 0. The summed E-state index contributed by atoms with van der Waals surface area (Å²) in [5.41, 5.74) is 4.91. The number of rotatable bonds is 12. The monoisotopic (exact) mass is 1110 g/mol. The fourth-order valence-electron chi connectivity index (χ4n) is 4.34. The van der Waals surface area contributed by atoms with Crippen molar-refractivity contribution in [2.75, 3.05) is 21.3 Å². The van der Waals surface area contributed by atoms with Gasteiger partial charge in [0.05, 0.1) is 0 Å². The molecule has 0 atom stereocenters. The first-order valence-electron chi connectivity index (χ1n) is 15.9. The number of benzene rings is 2. The first-order chi connectivity index (χ1) is 25.8. The molecule has 0 spiro atoms. The van der Waals surface area contributed by atoms with E-state index in [1.807, 2.05) is 72.8 Å². The van der Waals surface area contributed by atoms with Gasteiger partial charge in [-0.2, -0.15) is 0 Å². The molecule has 0 aliphatic rings. The average molecular weight is 1110 g/mol. The second-order valence-corrected chi connectivity index (χ2v) is 12.4. The van der Waals surface area contributed by atoms with Crippen LogP contribution in [0.25, 0.3) is 0 Å². The van der Waals surface area contributed by atoms with E-state index in [9.17, 15) is 0 Å². The Morgan fingerprint density at radius 2 is 0.548 bits per heavy atom. The molecule has 0 radical (unpaired) electrons. The summed E-state index contributed by atoms with van der Waals surface area (Å²) in [6.07, 6.45) is 7.15. The molecule has 26 heteroatoms. The first kappa shape index (κ1) is 69.3. The van der Waals surface area contributed by atoms with Crippen LogP contribution in [0, 0.1) is 0 Å². The summed E-state index contributed by atoms with van der Waals surface area (Å²) in [7, 11) is -10.3. The van der Waals surface area contributed by atoms with E-state index in [1.165, 1.54) is 22.3 Å². The molecule has 2 aromatic carbocycles. The maximum atomic E-state index is 8.52. The van der Waals surface area contributed by atoms with E-state index in [2.05, 4.69) is 89.7 Å². The molecule has 0 aliphatic heterocycles. The number of nitrogens with zero attached hydrogens (tertiary/aromatic N) is 4. The standard InChI is InChI=1S/2C18H18N4.2Cd.2H2O4S.6H2O/c2*1-3-10-19-17(8-1)21-13-15-6-5-7-16(12-15)14-22-18-9-2-4-11-20-18;;;2*1-5(2,3)4;;;;;;/h2*1-12H,13-14H2,(H,19,21)(H,20,22);;;2*(H2,1,2,3,4);6*1H2/q;;2*+2;;;;;;;;/p+2. The van der Waals surface area contributed by atoms with E-state index in [0.717, 1.165) is 49.5 Å². The number of anilines is 4. The summed E-state index contributed by atoms with van der Waals surface area (Å²) in [5, 5.41) is 13.3. The second-order valence-electron chi connectivity index (χ2n) is 10.7.